The van der Waals surface area contributed by atoms with E-state index in [1.807, 2.05) is 31.2 Å². The van der Waals surface area contributed by atoms with Gasteiger partial charge in [-0.25, -0.2) is 9.97 Å². The number of carbonyl (C=O) groups is 1. The Hall–Kier alpha value is -2.03. The van der Waals surface area contributed by atoms with E-state index in [0.29, 0.717) is 17.8 Å². The molecule has 1 aromatic carbocycles. The Bertz CT molecular complexity index is 494. The molecule has 0 radical (unpaired) electrons. The van der Waals surface area contributed by atoms with Crippen LogP contribution in [0.3, 0.4) is 0 Å². The quantitative estimate of drug-likeness (QED) is 0.735. The van der Waals surface area contributed by atoms with Crippen molar-refractivity contribution in [2.75, 3.05) is 0 Å². The summed E-state index contributed by atoms with van der Waals surface area (Å²) in [5.74, 6) is 0.711. The number of carbonyl (C=O) groups excluding carboxylic acids is 1. The molecule has 0 saturated carbocycles. The Labute approximate surface area is 94.2 Å². The van der Waals surface area contributed by atoms with Crippen LogP contribution >= 0.6 is 0 Å². The van der Waals surface area contributed by atoms with Crippen LogP contribution in [0, 0.1) is 0 Å². The Kier molecular flexibility index (Phi) is 3.05. The van der Waals surface area contributed by atoms with Crippen molar-refractivity contribution in [3.63, 3.8) is 0 Å². The highest BCUT2D eigenvalue weighted by molar-refractivity contribution is 6.01. The molecule has 0 aliphatic heterocycles. The Morgan fingerprint density at radius 2 is 1.81 bits per heavy atom. The first kappa shape index (κ1) is 10.5. The maximum Gasteiger partial charge on any atom is 0.163 e. The third kappa shape index (κ3) is 1.98. The summed E-state index contributed by atoms with van der Waals surface area (Å²) < 4.78 is 0. The summed E-state index contributed by atoms with van der Waals surface area (Å²) in [5, 5.41) is 0. The molecule has 0 spiro atoms. The number of hydrogen-bond donors (Lipinski definition) is 0. The Morgan fingerprint density at radius 3 is 2.50 bits per heavy atom. The van der Waals surface area contributed by atoms with E-state index in [9.17, 15) is 4.79 Å². The third-order valence-corrected chi connectivity index (χ3v) is 2.36. The number of ketones is 1. The van der Waals surface area contributed by atoms with Crippen LogP contribution in [0.25, 0.3) is 11.4 Å². The standard InChI is InChI=1S/C13H12N2O/c1-2-12(16)10-6-3-4-7-11(10)13-14-8-5-9-15-13/h3-9H,2H2,1H3. The van der Waals surface area contributed by atoms with Crippen LogP contribution in [0.15, 0.2) is 42.7 Å². The first-order valence-corrected chi connectivity index (χ1v) is 5.22. The lowest BCUT2D eigenvalue weighted by molar-refractivity contribution is 0.0988. The number of rotatable bonds is 3. The van der Waals surface area contributed by atoms with Gasteiger partial charge in [-0.3, -0.25) is 4.79 Å². The second-order valence-corrected chi connectivity index (χ2v) is 3.39. The van der Waals surface area contributed by atoms with E-state index in [1.165, 1.54) is 0 Å². The van der Waals surface area contributed by atoms with E-state index in [-0.39, 0.29) is 5.78 Å². The first-order chi connectivity index (χ1) is 7.83. The van der Waals surface area contributed by atoms with Crippen molar-refractivity contribution in [3.05, 3.63) is 48.3 Å². The molecule has 1 aromatic heterocycles. The Morgan fingerprint density at radius 1 is 1.12 bits per heavy atom. The van der Waals surface area contributed by atoms with E-state index in [1.54, 1.807) is 18.5 Å². The largest absolute Gasteiger partial charge is 0.294 e. The van der Waals surface area contributed by atoms with Gasteiger partial charge in [-0.15, -0.1) is 0 Å². The first-order valence-electron chi connectivity index (χ1n) is 5.22. The van der Waals surface area contributed by atoms with Gasteiger partial charge in [0, 0.05) is 29.9 Å². The van der Waals surface area contributed by atoms with Crippen molar-refractivity contribution in [2.45, 2.75) is 13.3 Å². The molecule has 2 aromatic rings. The van der Waals surface area contributed by atoms with Crippen molar-refractivity contribution in [3.8, 4) is 11.4 Å². The lowest BCUT2D eigenvalue weighted by atomic mass is 10.0. The smallest absolute Gasteiger partial charge is 0.163 e. The summed E-state index contributed by atoms with van der Waals surface area (Å²) in [6, 6.07) is 9.19. The highest BCUT2D eigenvalue weighted by Crippen LogP contribution is 2.20. The normalized spacial score (nSPS) is 10.1. The Balaban J connectivity index is 2.53. The number of nitrogens with zero attached hydrogens (tertiary/aromatic N) is 2. The van der Waals surface area contributed by atoms with Crippen LogP contribution in [-0.2, 0) is 0 Å². The van der Waals surface area contributed by atoms with E-state index >= 15 is 0 Å². The average molecular weight is 212 g/mol. The fraction of sp³-hybridized carbons (Fsp3) is 0.154. The van der Waals surface area contributed by atoms with Crippen molar-refractivity contribution in [1.82, 2.24) is 9.97 Å². The third-order valence-electron chi connectivity index (χ3n) is 2.36. The fourth-order valence-electron chi connectivity index (χ4n) is 1.55. The van der Waals surface area contributed by atoms with Crippen molar-refractivity contribution < 1.29 is 4.79 Å². The van der Waals surface area contributed by atoms with Gasteiger partial charge in [-0.05, 0) is 6.07 Å². The predicted octanol–water partition coefficient (Wildman–Crippen LogP) is 2.74. The summed E-state index contributed by atoms with van der Waals surface area (Å²) in [4.78, 5) is 20.1. The molecule has 0 fully saturated rings. The van der Waals surface area contributed by atoms with Crippen LogP contribution in [-0.4, -0.2) is 15.8 Å². The van der Waals surface area contributed by atoms with Crippen LogP contribution < -0.4 is 0 Å². The minimum atomic E-state index is 0.114. The molecule has 0 aliphatic rings. The molecule has 3 nitrogen and oxygen atoms in total. The van der Waals surface area contributed by atoms with Gasteiger partial charge in [-0.2, -0.15) is 0 Å². The second kappa shape index (κ2) is 4.66. The van der Waals surface area contributed by atoms with E-state index < -0.39 is 0 Å². The molecule has 0 unspecified atom stereocenters. The van der Waals surface area contributed by atoms with E-state index in [2.05, 4.69) is 9.97 Å². The summed E-state index contributed by atoms with van der Waals surface area (Å²) in [7, 11) is 0. The minimum Gasteiger partial charge on any atom is -0.294 e. The SMILES string of the molecule is CCC(=O)c1ccccc1-c1ncccn1. The monoisotopic (exact) mass is 212 g/mol. The van der Waals surface area contributed by atoms with Crippen LogP contribution in [0.1, 0.15) is 23.7 Å². The molecule has 2 rings (SSSR count). The number of benzene rings is 1. The zero-order valence-corrected chi connectivity index (χ0v) is 9.05. The zero-order valence-electron chi connectivity index (χ0n) is 9.05. The van der Waals surface area contributed by atoms with E-state index in [4.69, 9.17) is 0 Å². The lowest BCUT2D eigenvalue weighted by Crippen LogP contribution is -2.01. The molecule has 0 bridgehead atoms. The van der Waals surface area contributed by atoms with Gasteiger partial charge in [0.15, 0.2) is 11.6 Å². The molecule has 1 heterocycles. The molecular formula is C13H12N2O. The molecule has 16 heavy (non-hydrogen) atoms. The van der Waals surface area contributed by atoms with Crippen molar-refractivity contribution in [2.24, 2.45) is 0 Å². The average Bonchev–Trinajstić information content (AvgIpc) is 2.39. The van der Waals surface area contributed by atoms with Gasteiger partial charge >= 0.3 is 0 Å². The van der Waals surface area contributed by atoms with Crippen LogP contribution in [0.5, 0.6) is 0 Å². The zero-order chi connectivity index (χ0) is 11.4. The van der Waals surface area contributed by atoms with Gasteiger partial charge in [0.2, 0.25) is 0 Å². The van der Waals surface area contributed by atoms with Gasteiger partial charge < -0.3 is 0 Å². The summed E-state index contributed by atoms with van der Waals surface area (Å²) in [5.41, 5.74) is 1.49. The highest BCUT2D eigenvalue weighted by atomic mass is 16.1. The summed E-state index contributed by atoms with van der Waals surface area (Å²) in [6.45, 7) is 1.85. The maximum absolute atomic E-state index is 11.8. The molecule has 0 atom stereocenters. The highest BCUT2D eigenvalue weighted by Gasteiger charge is 2.11. The summed E-state index contributed by atoms with van der Waals surface area (Å²) in [6.07, 6.45) is 3.84. The van der Waals surface area contributed by atoms with Crippen molar-refractivity contribution >= 4 is 5.78 Å². The van der Waals surface area contributed by atoms with Crippen LogP contribution in [0.2, 0.25) is 0 Å². The number of Topliss-reactive ketones (excluding diaryl/α,β-unsaturated/α-hetero) is 1. The van der Waals surface area contributed by atoms with Gasteiger partial charge in [0.1, 0.15) is 0 Å². The predicted molar refractivity (Wildman–Crippen MR) is 62.1 cm³/mol. The molecule has 0 amide bonds. The lowest BCUT2D eigenvalue weighted by Gasteiger charge is -2.05. The van der Waals surface area contributed by atoms with Gasteiger partial charge in [-0.1, -0.05) is 31.2 Å². The number of aromatic nitrogens is 2. The van der Waals surface area contributed by atoms with E-state index in [0.717, 1.165) is 5.56 Å². The fourth-order valence-corrected chi connectivity index (χ4v) is 1.55. The topological polar surface area (TPSA) is 42.9 Å². The molecule has 80 valence electrons. The van der Waals surface area contributed by atoms with Gasteiger partial charge in [0.05, 0.1) is 0 Å². The van der Waals surface area contributed by atoms with Crippen molar-refractivity contribution in [1.29, 1.82) is 0 Å². The summed E-state index contributed by atoms with van der Waals surface area (Å²) >= 11 is 0. The second-order valence-electron chi connectivity index (χ2n) is 3.39. The molecular weight excluding hydrogens is 200 g/mol. The van der Waals surface area contributed by atoms with Gasteiger partial charge in [0.25, 0.3) is 0 Å². The number of hydrogen-bond acceptors (Lipinski definition) is 3. The molecule has 3 heteroatoms. The van der Waals surface area contributed by atoms with Crippen LogP contribution in [0.4, 0.5) is 0 Å². The maximum atomic E-state index is 11.8. The molecule has 0 N–H and O–H groups in total. The molecule has 0 saturated heterocycles. The minimum absolute atomic E-state index is 0.114. The molecule has 0 aliphatic carbocycles.